The molecular formula is C21H21FN2O5. The fourth-order valence-electron chi connectivity index (χ4n) is 3.36. The number of rotatable bonds is 7. The lowest BCUT2D eigenvalue weighted by Crippen LogP contribution is -2.43. The van der Waals surface area contributed by atoms with Gasteiger partial charge in [-0.15, -0.1) is 0 Å². The van der Waals surface area contributed by atoms with Crippen LogP contribution >= 0.6 is 0 Å². The fraction of sp³-hybridized carbons (Fsp3) is 0.286. The Kier molecular flexibility index (Phi) is 5.54. The summed E-state index contributed by atoms with van der Waals surface area (Å²) in [6.45, 7) is 1.28. The van der Waals surface area contributed by atoms with Crippen LogP contribution < -0.4 is 14.8 Å². The van der Waals surface area contributed by atoms with Crippen molar-refractivity contribution in [2.24, 2.45) is 0 Å². The monoisotopic (exact) mass is 400 g/mol. The summed E-state index contributed by atoms with van der Waals surface area (Å²) in [5.41, 5.74) is -0.638. The summed E-state index contributed by atoms with van der Waals surface area (Å²) >= 11 is 0. The van der Waals surface area contributed by atoms with E-state index in [1.807, 2.05) is 0 Å². The number of hydrogen-bond acceptors (Lipinski definition) is 5. The van der Waals surface area contributed by atoms with Gasteiger partial charge in [-0.2, -0.15) is 0 Å². The molecule has 1 heterocycles. The SMILES string of the molecule is CC[C@@]1(c2ccc(OC)cc2)NC(=O)N(CC(=O)c2ccc(OC)c(F)c2)C1=O. The molecule has 2 aromatic rings. The molecule has 29 heavy (non-hydrogen) atoms. The molecule has 1 N–H and O–H groups in total. The lowest BCUT2D eigenvalue weighted by Gasteiger charge is -2.26. The second-order valence-electron chi connectivity index (χ2n) is 6.58. The smallest absolute Gasteiger partial charge is 0.325 e. The van der Waals surface area contributed by atoms with Crippen LogP contribution in [0.2, 0.25) is 0 Å². The van der Waals surface area contributed by atoms with Crippen LogP contribution in [0.5, 0.6) is 11.5 Å². The summed E-state index contributed by atoms with van der Waals surface area (Å²) in [6, 6.07) is 9.85. The lowest BCUT2D eigenvalue weighted by atomic mass is 9.87. The third-order valence-electron chi connectivity index (χ3n) is 5.06. The van der Waals surface area contributed by atoms with Crippen LogP contribution in [-0.2, 0) is 10.3 Å². The number of carbonyl (C=O) groups is 3. The Morgan fingerprint density at radius 1 is 1.10 bits per heavy atom. The van der Waals surface area contributed by atoms with Crippen LogP contribution in [0.15, 0.2) is 42.5 Å². The van der Waals surface area contributed by atoms with Crippen molar-refractivity contribution in [2.45, 2.75) is 18.9 Å². The van der Waals surface area contributed by atoms with E-state index in [9.17, 15) is 18.8 Å². The first-order chi connectivity index (χ1) is 13.9. The van der Waals surface area contributed by atoms with Crippen LogP contribution in [0.25, 0.3) is 0 Å². The van der Waals surface area contributed by atoms with Crippen molar-refractivity contribution < 1.29 is 28.2 Å². The summed E-state index contributed by atoms with van der Waals surface area (Å²) in [5, 5.41) is 2.71. The second kappa shape index (κ2) is 7.90. The minimum Gasteiger partial charge on any atom is -0.497 e. The van der Waals surface area contributed by atoms with Gasteiger partial charge in [0.25, 0.3) is 5.91 Å². The van der Waals surface area contributed by atoms with Gasteiger partial charge in [0.2, 0.25) is 0 Å². The van der Waals surface area contributed by atoms with Gasteiger partial charge in [0.15, 0.2) is 17.3 Å². The summed E-state index contributed by atoms with van der Waals surface area (Å²) in [7, 11) is 2.85. The van der Waals surface area contributed by atoms with Gasteiger partial charge in [-0.1, -0.05) is 19.1 Å². The van der Waals surface area contributed by atoms with Gasteiger partial charge in [-0.3, -0.25) is 14.5 Å². The molecule has 7 nitrogen and oxygen atoms in total. The normalized spacial score (nSPS) is 18.6. The molecule has 1 saturated heterocycles. The van der Waals surface area contributed by atoms with Crippen molar-refractivity contribution >= 4 is 17.7 Å². The Morgan fingerprint density at radius 3 is 2.34 bits per heavy atom. The lowest BCUT2D eigenvalue weighted by molar-refractivity contribution is -0.131. The number of Topliss-reactive ketones (excluding diaryl/α,β-unsaturated/α-hetero) is 1. The third kappa shape index (κ3) is 3.53. The molecule has 8 heteroatoms. The molecule has 0 unspecified atom stereocenters. The molecule has 1 fully saturated rings. The average molecular weight is 400 g/mol. The zero-order chi connectivity index (χ0) is 21.2. The summed E-state index contributed by atoms with van der Waals surface area (Å²) in [5.74, 6) is -1.17. The second-order valence-corrected chi connectivity index (χ2v) is 6.58. The van der Waals surface area contributed by atoms with Gasteiger partial charge in [0, 0.05) is 5.56 Å². The third-order valence-corrected chi connectivity index (χ3v) is 5.06. The van der Waals surface area contributed by atoms with E-state index in [1.54, 1.807) is 31.2 Å². The fourth-order valence-corrected chi connectivity index (χ4v) is 3.36. The van der Waals surface area contributed by atoms with Crippen LogP contribution in [0.1, 0.15) is 29.3 Å². The zero-order valence-electron chi connectivity index (χ0n) is 16.3. The molecule has 0 spiro atoms. The molecule has 1 atom stereocenters. The van der Waals surface area contributed by atoms with E-state index in [2.05, 4.69) is 5.32 Å². The van der Waals surface area contributed by atoms with Crippen LogP contribution in [-0.4, -0.2) is 43.4 Å². The average Bonchev–Trinajstić information content (AvgIpc) is 2.98. The first-order valence-electron chi connectivity index (χ1n) is 9.01. The summed E-state index contributed by atoms with van der Waals surface area (Å²) in [4.78, 5) is 39.1. The van der Waals surface area contributed by atoms with E-state index in [-0.39, 0.29) is 11.3 Å². The van der Waals surface area contributed by atoms with Crippen molar-refractivity contribution in [3.63, 3.8) is 0 Å². The molecule has 0 aromatic heterocycles. The van der Waals surface area contributed by atoms with E-state index >= 15 is 0 Å². The van der Waals surface area contributed by atoms with Gasteiger partial charge >= 0.3 is 6.03 Å². The Labute approximate surface area is 167 Å². The van der Waals surface area contributed by atoms with E-state index in [1.165, 1.54) is 26.4 Å². The standard InChI is InChI=1S/C21H21FN2O5/c1-4-21(14-6-8-15(28-2)9-7-14)19(26)24(20(27)23-21)12-17(25)13-5-10-18(29-3)16(22)11-13/h5-11H,4,12H2,1-3H3,(H,23,27)/t21-/m0/s1. The molecule has 0 radical (unpaired) electrons. The quantitative estimate of drug-likeness (QED) is 0.571. The zero-order valence-corrected chi connectivity index (χ0v) is 16.3. The molecule has 152 valence electrons. The van der Waals surface area contributed by atoms with Crippen LogP contribution in [0.4, 0.5) is 9.18 Å². The van der Waals surface area contributed by atoms with Gasteiger partial charge < -0.3 is 14.8 Å². The predicted molar refractivity (Wildman–Crippen MR) is 102 cm³/mol. The highest BCUT2D eigenvalue weighted by Gasteiger charge is 2.51. The van der Waals surface area contributed by atoms with Gasteiger partial charge in [0.05, 0.1) is 20.8 Å². The Bertz CT molecular complexity index is 960. The predicted octanol–water partition coefficient (Wildman–Crippen LogP) is 2.88. The number of imide groups is 1. The number of methoxy groups -OCH3 is 2. The number of ketones is 1. The summed E-state index contributed by atoms with van der Waals surface area (Å²) < 4.78 is 23.9. The van der Waals surface area contributed by atoms with Crippen molar-refractivity contribution in [1.82, 2.24) is 10.2 Å². The molecule has 1 aliphatic heterocycles. The highest BCUT2D eigenvalue weighted by molar-refractivity contribution is 6.11. The number of halogens is 1. The molecule has 1 aliphatic rings. The van der Waals surface area contributed by atoms with Crippen molar-refractivity contribution in [2.75, 3.05) is 20.8 Å². The number of urea groups is 1. The Hall–Kier alpha value is -3.42. The molecule has 2 aromatic carbocycles. The number of carbonyl (C=O) groups excluding carboxylic acids is 3. The largest absolute Gasteiger partial charge is 0.497 e. The molecule has 3 rings (SSSR count). The molecule has 0 saturated carbocycles. The maximum atomic E-state index is 13.9. The van der Waals surface area contributed by atoms with Crippen molar-refractivity contribution in [3.05, 3.63) is 59.4 Å². The number of nitrogens with zero attached hydrogens (tertiary/aromatic N) is 1. The van der Waals surface area contributed by atoms with E-state index in [0.717, 1.165) is 11.0 Å². The van der Waals surface area contributed by atoms with E-state index in [4.69, 9.17) is 9.47 Å². The molecule has 0 bridgehead atoms. The van der Waals surface area contributed by atoms with Crippen LogP contribution in [0, 0.1) is 5.82 Å². The maximum Gasteiger partial charge on any atom is 0.325 e. The molecule has 0 aliphatic carbocycles. The highest BCUT2D eigenvalue weighted by Crippen LogP contribution is 2.33. The minimum atomic E-state index is -1.27. The Balaban J connectivity index is 1.85. The number of hydrogen-bond donors (Lipinski definition) is 1. The van der Waals surface area contributed by atoms with Crippen LogP contribution in [0.3, 0.4) is 0 Å². The number of amides is 3. The van der Waals surface area contributed by atoms with Crippen molar-refractivity contribution in [3.8, 4) is 11.5 Å². The Morgan fingerprint density at radius 2 is 1.79 bits per heavy atom. The first kappa shape index (κ1) is 20.3. The topological polar surface area (TPSA) is 84.9 Å². The highest BCUT2D eigenvalue weighted by atomic mass is 19.1. The van der Waals surface area contributed by atoms with Gasteiger partial charge in [0.1, 0.15) is 11.3 Å². The van der Waals surface area contributed by atoms with E-state index in [0.29, 0.717) is 17.7 Å². The molecule has 3 amide bonds. The van der Waals surface area contributed by atoms with Gasteiger partial charge in [-0.25, -0.2) is 9.18 Å². The summed E-state index contributed by atoms with van der Waals surface area (Å²) in [6.07, 6.45) is 0.297. The minimum absolute atomic E-state index is 0.000970. The van der Waals surface area contributed by atoms with Gasteiger partial charge in [-0.05, 0) is 42.3 Å². The maximum absolute atomic E-state index is 13.9. The number of ether oxygens (including phenoxy) is 2. The van der Waals surface area contributed by atoms with E-state index < -0.39 is 35.6 Å². The first-order valence-corrected chi connectivity index (χ1v) is 9.01. The number of nitrogens with one attached hydrogen (secondary N) is 1. The number of benzene rings is 2. The van der Waals surface area contributed by atoms with Crippen molar-refractivity contribution in [1.29, 1.82) is 0 Å². The molecular weight excluding hydrogens is 379 g/mol.